The molecule has 2 aromatic heterocycles. The average Bonchev–Trinajstić information content (AvgIpc) is 3.75. The number of thiazole rings is 1. The van der Waals surface area contributed by atoms with E-state index < -0.39 is 18.1 Å². The molecular formula is C33H44N6O5S. The van der Waals surface area contributed by atoms with Crippen molar-refractivity contribution >= 4 is 29.0 Å². The fourth-order valence-electron chi connectivity index (χ4n) is 6.60. The summed E-state index contributed by atoms with van der Waals surface area (Å²) in [7, 11) is 0. The Morgan fingerprint density at radius 1 is 1.11 bits per heavy atom. The molecule has 11 nitrogen and oxygen atoms in total. The second-order valence-corrected chi connectivity index (χ2v) is 13.8. The Morgan fingerprint density at radius 3 is 2.51 bits per heavy atom. The van der Waals surface area contributed by atoms with Crippen LogP contribution < -0.4 is 15.5 Å². The van der Waals surface area contributed by atoms with Gasteiger partial charge in [-0.25, -0.2) is 4.98 Å². The molecule has 1 aromatic carbocycles. The number of nitrogens with one attached hydrogen (secondary N) is 2. The number of carbonyl (C=O) groups is 2. The molecule has 0 unspecified atom stereocenters. The first kappa shape index (κ1) is 31.7. The topological polar surface area (TPSA) is 133 Å². The molecule has 0 saturated carbocycles. The molecule has 2 amide bonds. The van der Waals surface area contributed by atoms with E-state index in [-0.39, 0.29) is 42.8 Å². The predicted octanol–water partition coefficient (Wildman–Crippen LogP) is 3.64. The van der Waals surface area contributed by atoms with Gasteiger partial charge in [0.15, 0.2) is 11.6 Å². The van der Waals surface area contributed by atoms with Crippen molar-refractivity contribution in [1.82, 2.24) is 25.7 Å². The Bertz CT molecular complexity index is 1460. The van der Waals surface area contributed by atoms with E-state index in [4.69, 9.17) is 9.26 Å². The van der Waals surface area contributed by atoms with Crippen molar-refractivity contribution in [2.24, 2.45) is 5.92 Å². The molecule has 6 rings (SSSR count). The molecule has 3 fully saturated rings. The third-order valence-electron chi connectivity index (χ3n) is 9.24. The number of aliphatic hydroxyl groups excluding tert-OH is 1. The van der Waals surface area contributed by atoms with Crippen LogP contribution >= 0.6 is 11.3 Å². The quantitative estimate of drug-likeness (QED) is 0.305. The molecule has 242 valence electrons. The minimum absolute atomic E-state index is 0.0975. The van der Waals surface area contributed by atoms with E-state index in [1.807, 2.05) is 63.5 Å². The van der Waals surface area contributed by atoms with Crippen molar-refractivity contribution in [3.05, 3.63) is 52.9 Å². The van der Waals surface area contributed by atoms with Gasteiger partial charge in [-0.3, -0.25) is 9.59 Å². The van der Waals surface area contributed by atoms with Crippen LogP contribution in [0.2, 0.25) is 0 Å². The first-order valence-corrected chi connectivity index (χ1v) is 16.9. The van der Waals surface area contributed by atoms with E-state index in [1.165, 1.54) is 4.90 Å². The van der Waals surface area contributed by atoms with Crippen LogP contribution in [-0.4, -0.2) is 89.0 Å². The first-order valence-electron chi connectivity index (χ1n) is 16.0. The van der Waals surface area contributed by atoms with E-state index in [0.717, 1.165) is 60.7 Å². The fourth-order valence-corrected chi connectivity index (χ4v) is 7.42. The molecule has 45 heavy (non-hydrogen) atoms. The maximum absolute atomic E-state index is 14.0. The van der Waals surface area contributed by atoms with Gasteiger partial charge in [0.25, 0.3) is 0 Å². The van der Waals surface area contributed by atoms with Gasteiger partial charge >= 0.3 is 0 Å². The Morgan fingerprint density at radius 2 is 1.84 bits per heavy atom. The number of nitrogens with zero attached hydrogens (tertiary/aromatic N) is 4. The molecule has 0 radical (unpaired) electrons. The van der Waals surface area contributed by atoms with Crippen molar-refractivity contribution in [1.29, 1.82) is 0 Å². The molecular weight excluding hydrogens is 592 g/mol. The summed E-state index contributed by atoms with van der Waals surface area (Å²) >= 11 is 1.60. The van der Waals surface area contributed by atoms with Crippen LogP contribution in [0.5, 0.6) is 0 Å². The van der Waals surface area contributed by atoms with Crippen LogP contribution in [0.3, 0.4) is 0 Å². The lowest BCUT2D eigenvalue weighted by atomic mass is 9.91. The SMILES string of the molecule is Cc1ncsc1-c1ccc([C@H](C)NC(=O)[C@@H]2C[C@@H](O)CN2C(=O)[C@H](c2cc(N3CC(OC4CCNCC4)C3)no2)C(C)C)cc1. The van der Waals surface area contributed by atoms with Gasteiger partial charge < -0.3 is 34.8 Å². The number of ether oxygens (including phenoxy) is 1. The molecule has 3 N–H and O–H groups in total. The van der Waals surface area contributed by atoms with Crippen molar-refractivity contribution in [2.45, 2.75) is 83.3 Å². The molecule has 3 aliphatic rings. The number of aliphatic hydroxyl groups is 1. The van der Waals surface area contributed by atoms with Crippen LogP contribution in [-0.2, 0) is 14.3 Å². The number of hydrogen-bond donors (Lipinski definition) is 3. The zero-order valence-electron chi connectivity index (χ0n) is 26.4. The summed E-state index contributed by atoms with van der Waals surface area (Å²) in [6.07, 6.45) is 1.95. The highest BCUT2D eigenvalue weighted by Gasteiger charge is 2.44. The number of amides is 2. The number of aryl methyl sites for hydroxylation is 1. The maximum atomic E-state index is 14.0. The number of β-amino-alcohol motifs (C(OH)–C–C–N with tert-alkyl or cyclic N) is 1. The zero-order chi connectivity index (χ0) is 31.7. The van der Waals surface area contributed by atoms with E-state index in [0.29, 0.717) is 17.7 Å². The second kappa shape index (κ2) is 13.6. The van der Waals surface area contributed by atoms with E-state index in [9.17, 15) is 14.7 Å². The van der Waals surface area contributed by atoms with Gasteiger partial charge in [-0.15, -0.1) is 11.3 Å². The van der Waals surface area contributed by atoms with E-state index >= 15 is 0 Å². The summed E-state index contributed by atoms with van der Waals surface area (Å²) < 4.78 is 12.0. The minimum atomic E-state index is -0.780. The number of anilines is 1. The Kier molecular flexibility index (Phi) is 9.55. The van der Waals surface area contributed by atoms with Crippen LogP contribution in [0.4, 0.5) is 5.82 Å². The lowest BCUT2D eigenvalue weighted by Crippen LogP contribution is -2.54. The van der Waals surface area contributed by atoms with Gasteiger partial charge in [-0.1, -0.05) is 43.3 Å². The summed E-state index contributed by atoms with van der Waals surface area (Å²) in [4.78, 5) is 36.6. The van der Waals surface area contributed by atoms with Crippen LogP contribution in [0.25, 0.3) is 10.4 Å². The molecule has 3 aliphatic heterocycles. The summed E-state index contributed by atoms with van der Waals surface area (Å²) in [6.45, 7) is 11.4. The van der Waals surface area contributed by atoms with Crippen LogP contribution in [0.1, 0.15) is 69.0 Å². The summed E-state index contributed by atoms with van der Waals surface area (Å²) in [5, 5.41) is 21.3. The Balaban J connectivity index is 1.08. The lowest BCUT2D eigenvalue weighted by Gasteiger charge is -2.41. The molecule has 12 heteroatoms. The highest BCUT2D eigenvalue weighted by atomic mass is 32.1. The number of benzene rings is 1. The molecule has 0 spiro atoms. The number of carbonyl (C=O) groups excluding carboxylic acids is 2. The molecule has 5 heterocycles. The van der Waals surface area contributed by atoms with Gasteiger partial charge in [0.1, 0.15) is 12.0 Å². The summed E-state index contributed by atoms with van der Waals surface area (Å²) in [5.74, 6) is -0.0950. The Labute approximate surface area is 268 Å². The largest absolute Gasteiger partial charge is 0.391 e. The first-order chi connectivity index (χ1) is 21.7. The lowest BCUT2D eigenvalue weighted by molar-refractivity contribution is -0.141. The third kappa shape index (κ3) is 6.94. The molecule has 0 aliphatic carbocycles. The van der Waals surface area contributed by atoms with Crippen molar-refractivity contribution in [3.8, 4) is 10.4 Å². The summed E-state index contributed by atoms with van der Waals surface area (Å²) in [6, 6.07) is 8.86. The zero-order valence-corrected chi connectivity index (χ0v) is 27.3. The van der Waals surface area contributed by atoms with E-state index in [1.54, 1.807) is 11.3 Å². The fraction of sp³-hybridized carbons (Fsp3) is 0.576. The average molecular weight is 637 g/mol. The van der Waals surface area contributed by atoms with Gasteiger partial charge in [0, 0.05) is 32.1 Å². The molecule has 3 saturated heterocycles. The van der Waals surface area contributed by atoms with Crippen molar-refractivity contribution in [2.75, 3.05) is 37.6 Å². The standard InChI is InChI=1S/C33H44N6O5S/c1-19(2)30(28-14-29(37-44-28)38-16-26(17-38)43-25-9-11-34-12-10-25)33(42)39-15-24(40)13-27(39)32(41)36-20(3)22-5-7-23(8-6-22)31-21(4)35-18-45-31/h5-8,14,18-20,24-27,30,34,40H,9-13,15-17H2,1-4H3,(H,36,41)/t20-,24+,27-,30-/m0/s1. The molecule has 3 aromatic rings. The number of rotatable bonds is 10. The monoisotopic (exact) mass is 636 g/mol. The normalized spacial score (nSPS) is 22.4. The number of likely N-dealkylation sites (tertiary alicyclic amines) is 1. The van der Waals surface area contributed by atoms with Gasteiger partial charge in [-0.2, -0.15) is 0 Å². The maximum Gasteiger partial charge on any atom is 0.243 e. The van der Waals surface area contributed by atoms with Crippen LogP contribution in [0, 0.1) is 12.8 Å². The highest BCUT2D eigenvalue weighted by molar-refractivity contribution is 7.13. The smallest absolute Gasteiger partial charge is 0.243 e. The molecule has 4 atom stereocenters. The molecule has 0 bridgehead atoms. The second-order valence-electron chi connectivity index (χ2n) is 12.9. The van der Waals surface area contributed by atoms with Gasteiger partial charge in [0.2, 0.25) is 11.8 Å². The minimum Gasteiger partial charge on any atom is -0.391 e. The third-order valence-corrected chi connectivity index (χ3v) is 10.2. The number of aromatic nitrogens is 2. The highest BCUT2D eigenvalue weighted by Crippen LogP contribution is 2.34. The van der Waals surface area contributed by atoms with Gasteiger partial charge in [-0.05, 0) is 56.8 Å². The summed E-state index contributed by atoms with van der Waals surface area (Å²) in [5.41, 5.74) is 4.87. The Hall–Kier alpha value is -3.32. The van der Waals surface area contributed by atoms with Crippen molar-refractivity contribution < 1.29 is 24.0 Å². The number of hydrogen-bond acceptors (Lipinski definition) is 10. The van der Waals surface area contributed by atoms with Crippen molar-refractivity contribution in [3.63, 3.8) is 0 Å². The van der Waals surface area contributed by atoms with Gasteiger partial charge in [0.05, 0.1) is 40.4 Å². The predicted molar refractivity (Wildman–Crippen MR) is 172 cm³/mol. The number of piperidine rings is 1. The van der Waals surface area contributed by atoms with Crippen LogP contribution in [0.15, 0.2) is 40.4 Å². The van der Waals surface area contributed by atoms with E-state index in [2.05, 4.69) is 25.7 Å².